The SMILES string of the molecule is Cc1cc(C(=O)Nc2cccc3cccnc23)c(C)n1-c1ccccc1. The summed E-state index contributed by atoms with van der Waals surface area (Å²) in [4.78, 5) is 17.3. The summed E-state index contributed by atoms with van der Waals surface area (Å²) in [6, 6.07) is 21.6. The van der Waals surface area contributed by atoms with Crippen molar-refractivity contribution in [2.24, 2.45) is 0 Å². The number of amides is 1. The van der Waals surface area contributed by atoms with Crippen molar-refractivity contribution in [3.8, 4) is 5.69 Å². The zero-order valence-corrected chi connectivity index (χ0v) is 14.7. The molecule has 0 saturated heterocycles. The van der Waals surface area contributed by atoms with Gasteiger partial charge in [0.05, 0.1) is 16.8 Å². The largest absolute Gasteiger partial charge is 0.320 e. The lowest BCUT2D eigenvalue weighted by molar-refractivity contribution is 0.102. The lowest BCUT2D eigenvalue weighted by atomic mass is 10.1. The molecule has 0 bridgehead atoms. The molecular weight excluding hydrogens is 322 g/mol. The Labute approximate surface area is 152 Å². The second kappa shape index (κ2) is 6.48. The predicted molar refractivity (Wildman–Crippen MR) is 105 cm³/mol. The first-order valence-corrected chi connectivity index (χ1v) is 8.54. The summed E-state index contributed by atoms with van der Waals surface area (Å²) >= 11 is 0. The summed E-state index contributed by atoms with van der Waals surface area (Å²) in [6.07, 6.45) is 1.74. The maximum Gasteiger partial charge on any atom is 0.257 e. The molecule has 2 aromatic carbocycles. The molecule has 0 aliphatic carbocycles. The van der Waals surface area contributed by atoms with Crippen LogP contribution in [0.15, 0.2) is 72.9 Å². The van der Waals surface area contributed by atoms with Gasteiger partial charge in [0.15, 0.2) is 0 Å². The third kappa shape index (κ3) is 2.75. The highest BCUT2D eigenvalue weighted by Gasteiger charge is 2.17. The Kier molecular flexibility index (Phi) is 4.01. The second-order valence-electron chi connectivity index (χ2n) is 6.29. The number of para-hydroxylation sites is 2. The van der Waals surface area contributed by atoms with Gasteiger partial charge >= 0.3 is 0 Å². The van der Waals surface area contributed by atoms with Crippen molar-refractivity contribution in [1.82, 2.24) is 9.55 Å². The minimum Gasteiger partial charge on any atom is -0.320 e. The minimum absolute atomic E-state index is 0.126. The molecule has 1 N–H and O–H groups in total. The number of nitrogens with zero attached hydrogens (tertiary/aromatic N) is 2. The van der Waals surface area contributed by atoms with Crippen LogP contribution < -0.4 is 5.32 Å². The second-order valence-corrected chi connectivity index (χ2v) is 6.29. The van der Waals surface area contributed by atoms with E-state index in [-0.39, 0.29) is 5.91 Å². The first-order chi connectivity index (χ1) is 12.6. The van der Waals surface area contributed by atoms with Crippen LogP contribution in [-0.4, -0.2) is 15.5 Å². The molecule has 0 spiro atoms. The minimum atomic E-state index is -0.126. The highest BCUT2D eigenvalue weighted by atomic mass is 16.1. The summed E-state index contributed by atoms with van der Waals surface area (Å²) in [6.45, 7) is 3.98. The van der Waals surface area contributed by atoms with Gasteiger partial charge in [0.25, 0.3) is 5.91 Å². The smallest absolute Gasteiger partial charge is 0.257 e. The highest BCUT2D eigenvalue weighted by molar-refractivity contribution is 6.09. The molecule has 0 saturated carbocycles. The van der Waals surface area contributed by atoms with E-state index in [2.05, 4.69) is 14.9 Å². The quantitative estimate of drug-likeness (QED) is 0.576. The standard InChI is InChI=1S/C22H19N3O/c1-15-14-19(16(2)25(15)18-10-4-3-5-11-18)22(26)24-20-12-6-8-17-9-7-13-23-21(17)20/h3-14H,1-2H3,(H,24,26). The van der Waals surface area contributed by atoms with Crippen LogP contribution in [-0.2, 0) is 0 Å². The van der Waals surface area contributed by atoms with Crippen LogP contribution in [0, 0.1) is 13.8 Å². The Morgan fingerprint density at radius 1 is 0.962 bits per heavy atom. The Balaban J connectivity index is 1.71. The maximum atomic E-state index is 12.9. The molecule has 26 heavy (non-hydrogen) atoms. The number of aromatic nitrogens is 2. The van der Waals surface area contributed by atoms with Gasteiger partial charge in [0, 0.05) is 28.7 Å². The highest BCUT2D eigenvalue weighted by Crippen LogP contribution is 2.24. The van der Waals surface area contributed by atoms with Crippen molar-refractivity contribution in [3.63, 3.8) is 0 Å². The van der Waals surface area contributed by atoms with Gasteiger partial charge in [-0.05, 0) is 44.2 Å². The molecule has 4 heteroatoms. The zero-order chi connectivity index (χ0) is 18.1. The number of benzene rings is 2. The van der Waals surface area contributed by atoms with Gasteiger partial charge in [-0.1, -0.05) is 36.4 Å². The van der Waals surface area contributed by atoms with E-state index in [1.807, 2.05) is 80.6 Å². The molecule has 1 amide bonds. The molecular formula is C22H19N3O. The van der Waals surface area contributed by atoms with Crippen LogP contribution in [0.25, 0.3) is 16.6 Å². The number of fused-ring (bicyclic) bond motifs is 1. The monoisotopic (exact) mass is 341 g/mol. The Bertz CT molecular complexity index is 1090. The fraction of sp³-hybridized carbons (Fsp3) is 0.0909. The van der Waals surface area contributed by atoms with Crippen LogP contribution in [0.2, 0.25) is 0 Å². The van der Waals surface area contributed by atoms with Crippen LogP contribution in [0.3, 0.4) is 0 Å². The average molecular weight is 341 g/mol. The van der Waals surface area contributed by atoms with E-state index in [0.29, 0.717) is 5.56 Å². The van der Waals surface area contributed by atoms with Gasteiger partial charge < -0.3 is 9.88 Å². The Hall–Kier alpha value is -3.40. The van der Waals surface area contributed by atoms with Crippen molar-refractivity contribution in [2.45, 2.75) is 13.8 Å². The molecule has 0 aliphatic rings. The number of hydrogen-bond donors (Lipinski definition) is 1. The van der Waals surface area contributed by atoms with Crippen LogP contribution in [0.5, 0.6) is 0 Å². The first kappa shape index (κ1) is 16.1. The number of rotatable bonds is 3. The number of carbonyl (C=O) groups is 1. The molecule has 4 rings (SSSR count). The zero-order valence-electron chi connectivity index (χ0n) is 14.7. The van der Waals surface area contributed by atoms with E-state index < -0.39 is 0 Å². The third-order valence-corrected chi connectivity index (χ3v) is 4.57. The molecule has 4 nitrogen and oxygen atoms in total. The van der Waals surface area contributed by atoms with E-state index in [1.165, 1.54) is 0 Å². The molecule has 2 heterocycles. The number of nitrogens with one attached hydrogen (secondary N) is 1. The van der Waals surface area contributed by atoms with Gasteiger partial charge in [-0.3, -0.25) is 9.78 Å². The summed E-state index contributed by atoms with van der Waals surface area (Å²) in [7, 11) is 0. The number of hydrogen-bond acceptors (Lipinski definition) is 2. The van der Waals surface area contributed by atoms with Crippen molar-refractivity contribution in [1.29, 1.82) is 0 Å². The van der Waals surface area contributed by atoms with Crippen molar-refractivity contribution < 1.29 is 4.79 Å². The Morgan fingerprint density at radius 2 is 1.73 bits per heavy atom. The molecule has 0 fully saturated rings. The molecule has 0 radical (unpaired) electrons. The molecule has 2 aromatic heterocycles. The summed E-state index contributed by atoms with van der Waals surface area (Å²) < 4.78 is 2.09. The summed E-state index contributed by atoms with van der Waals surface area (Å²) in [5, 5.41) is 4.02. The lowest BCUT2D eigenvalue weighted by Gasteiger charge is -2.10. The number of pyridine rings is 1. The first-order valence-electron chi connectivity index (χ1n) is 8.54. The van der Waals surface area contributed by atoms with Gasteiger partial charge in [-0.2, -0.15) is 0 Å². The van der Waals surface area contributed by atoms with Crippen LogP contribution in [0.1, 0.15) is 21.7 Å². The maximum absolute atomic E-state index is 12.9. The normalized spacial score (nSPS) is 10.8. The molecule has 0 aliphatic heterocycles. The van der Waals surface area contributed by atoms with Crippen molar-refractivity contribution in [3.05, 3.63) is 89.9 Å². The topological polar surface area (TPSA) is 46.9 Å². The molecule has 128 valence electrons. The van der Waals surface area contributed by atoms with E-state index >= 15 is 0 Å². The average Bonchev–Trinajstić information content (AvgIpc) is 2.97. The van der Waals surface area contributed by atoms with E-state index in [4.69, 9.17) is 0 Å². The molecule has 4 aromatic rings. The van der Waals surface area contributed by atoms with E-state index in [1.54, 1.807) is 6.20 Å². The van der Waals surface area contributed by atoms with E-state index in [9.17, 15) is 4.79 Å². The van der Waals surface area contributed by atoms with Gasteiger partial charge in [0.2, 0.25) is 0 Å². The van der Waals surface area contributed by atoms with Crippen LogP contribution in [0.4, 0.5) is 5.69 Å². The third-order valence-electron chi connectivity index (χ3n) is 4.57. The van der Waals surface area contributed by atoms with Gasteiger partial charge in [-0.25, -0.2) is 0 Å². The lowest BCUT2D eigenvalue weighted by Crippen LogP contribution is -2.13. The molecule has 0 atom stereocenters. The fourth-order valence-corrected chi connectivity index (χ4v) is 3.36. The fourth-order valence-electron chi connectivity index (χ4n) is 3.36. The Morgan fingerprint density at radius 3 is 2.54 bits per heavy atom. The number of carbonyl (C=O) groups excluding carboxylic acids is 1. The van der Waals surface area contributed by atoms with Gasteiger partial charge in [0.1, 0.15) is 0 Å². The van der Waals surface area contributed by atoms with Crippen molar-refractivity contribution >= 4 is 22.5 Å². The van der Waals surface area contributed by atoms with Gasteiger partial charge in [-0.15, -0.1) is 0 Å². The van der Waals surface area contributed by atoms with Crippen LogP contribution >= 0.6 is 0 Å². The number of aryl methyl sites for hydroxylation is 1. The number of anilines is 1. The van der Waals surface area contributed by atoms with Crippen molar-refractivity contribution in [2.75, 3.05) is 5.32 Å². The summed E-state index contributed by atoms with van der Waals surface area (Å²) in [5.41, 5.74) is 5.17. The summed E-state index contributed by atoms with van der Waals surface area (Å²) in [5.74, 6) is -0.126. The van der Waals surface area contributed by atoms with E-state index in [0.717, 1.165) is 33.7 Å². The molecule has 0 unspecified atom stereocenters. The predicted octanol–water partition coefficient (Wildman–Crippen LogP) is 4.89.